The average molecular weight is 276 g/mol. The van der Waals surface area contributed by atoms with Gasteiger partial charge in [-0.1, -0.05) is 70.7 Å². The number of aliphatic hydroxyl groups excluding tert-OH is 1. The van der Waals surface area contributed by atoms with Gasteiger partial charge in [-0.3, -0.25) is 0 Å². The maximum Gasteiger partial charge on any atom is 0.0626 e. The van der Waals surface area contributed by atoms with Gasteiger partial charge in [0.2, 0.25) is 0 Å². The molecular weight excluding hydrogens is 248 g/mol. The predicted molar refractivity (Wildman–Crippen MR) is 85.3 cm³/mol. The summed E-state index contributed by atoms with van der Waals surface area (Å²) in [6.45, 7) is 13.7. The first-order valence-electron chi connectivity index (χ1n) is 7.34. The van der Waals surface area contributed by atoms with Crippen LogP contribution in [0.3, 0.4) is 0 Å². The summed E-state index contributed by atoms with van der Waals surface area (Å²) in [4.78, 5) is 0. The lowest BCUT2D eigenvalue weighted by atomic mass is 9.84. The summed E-state index contributed by atoms with van der Waals surface area (Å²) in [5, 5.41) is 11.1. The van der Waals surface area contributed by atoms with Crippen molar-refractivity contribution in [3.8, 4) is 0 Å². The topological polar surface area (TPSA) is 20.2 Å². The van der Waals surface area contributed by atoms with Gasteiger partial charge in [0.15, 0.2) is 0 Å². The number of benzene rings is 1. The SMILES string of the molecule is CC(C)(C)C(O)[C@@]1([Si](C)(C)C)C[C@H]1c1ccccc1. The first-order chi connectivity index (χ1) is 8.61. The molecule has 19 heavy (non-hydrogen) atoms. The molecular formula is C17H28OSi. The van der Waals surface area contributed by atoms with E-state index in [9.17, 15) is 5.11 Å². The second kappa shape index (κ2) is 4.46. The lowest BCUT2D eigenvalue weighted by Crippen LogP contribution is -2.45. The van der Waals surface area contributed by atoms with Crippen LogP contribution in [0.2, 0.25) is 24.7 Å². The maximum atomic E-state index is 11.0. The largest absolute Gasteiger partial charge is 0.392 e. The minimum atomic E-state index is -1.44. The summed E-state index contributed by atoms with van der Waals surface area (Å²) < 4.78 is 0. The van der Waals surface area contributed by atoms with Gasteiger partial charge in [0.05, 0.1) is 14.2 Å². The van der Waals surface area contributed by atoms with Gasteiger partial charge in [0.25, 0.3) is 0 Å². The van der Waals surface area contributed by atoms with E-state index in [1.54, 1.807) is 0 Å². The lowest BCUT2D eigenvalue weighted by molar-refractivity contribution is 0.0454. The first kappa shape index (κ1) is 14.8. The zero-order chi connectivity index (χ0) is 14.5. The Balaban J connectivity index is 2.37. The van der Waals surface area contributed by atoms with Crippen molar-refractivity contribution < 1.29 is 5.11 Å². The van der Waals surface area contributed by atoms with Crippen molar-refractivity contribution in [2.45, 2.75) is 63.9 Å². The van der Waals surface area contributed by atoms with Crippen LogP contribution in [0.25, 0.3) is 0 Å². The molecule has 0 radical (unpaired) electrons. The van der Waals surface area contributed by atoms with Crippen molar-refractivity contribution in [1.29, 1.82) is 0 Å². The van der Waals surface area contributed by atoms with Crippen LogP contribution in [0.4, 0.5) is 0 Å². The molecule has 0 aliphatic heterocycles. The van der Waals surface area contributed by atoms with E-state index in [-0.39, 0.29) is 16.6 Å². The van der Waals surface area contributed by atoms with Crippen LogP contribution in [0.5, 0.6) is 0 Å². The average Bonchev–Trinajstić information content (AvgIpc) is 3.03. The highest BCUT2D eigenvalue weighted by Crippen LogP contribution is 2.74. The third-order valence-corrected chi connectivity index (χ3v) is 8.53. The normalized spacial score (nSPS) is 29.1. The molecule has 1 aromatic rings. The lowest BCUT2D eigenvalue weighted by Gasteiger charge is -2.41. The predicted octanol–water partition coefficient (Wildman–Crippen LogP) is 4.66. The summed E-state index contributed by atoms with van der Waals surface area (Å²) >= 11 is 0. The van der Waals surface area contributed by atoms with Crippen LogP contribution in [0.15, 0.2) is 30.3 Å². The Hall–Kier alpha value is -0.603. The fourth-order valence-electron chi connectivity index (χ4n) is 3.69. The van der Waals surface area contributed by atoms with E-state index in [2.05, 4.69) is 70.7 Å². The molecule has 1 fully saturated rings. The molecule has 1 unspecified atom stereocenters. The fraction of sp³-hybridized carbons (Fsp3) is 0.647. The Morgan fingerprint density at radius 3 is 2.11 bits per heavy atom. The smallest absolute Gasteiger partial charge is 0.0626 e. The third kappa shape index (κ3) is 2.41. The van der Waals surface area contributed by atoms with E-state index in [0.717, 1.165) is 6.42 Å². The molecule has 1 aliphatic rings. The molecule has 1 aliphatic carbocycles. The van der Waals surface area contributed by atoms with E-state index in [0.29, 0.717) is 5.92 Å². The van der Waals surface area contributed by atoms with Crippen molar-refractivity contribution in [2.75, 3.05) is 0 Å². The second-order valence-electron chi connectivity index (χ2n) is 8.23. The Bertz CT molecular complexity index is 441. The Morgan fingerprint density at radius 2 is 1.68 bits per heavy atom. The van der Waals surface area contributed by atoms with Crippen molar-refractivity contribution in [3.63, 3.8) is 0 Å². The number of rotatable bonds is 3. The molecule has 1 N–H and O–H groups in total. The van der Waals surface area contributed by atoms with Gasteiger partial charge < -0.3 is 5.11 Å². The van der Waals surface area contributed by atoms with Gasteiger partial charge in [-0.2, -0.15) is 0 Å². The van der Waals surface area contributed by atoms with E-state index in [1.165, 1.54) is 5.56 Å². The minimum Gasteiger partial charge on any atom is -0.392 e. The summed E-state index contributed by atoms with van der Waals surface area (Å²) in [6.07, 6.45) is 0.947. The van der Waals surface area contributed by atoms with Crippen molar-refractivity contribution in [3.05, 3.63) is 35.9 Å². The van der Waals surface area contributed by atoms with Crippen LogP contribution < -0.4 is 0 Å². The summed E-state index contributed by atoms with van der Waals surface area (Å²) in [5.74, 6) is 0.551. The van der Waals surface area contributed by atoms with Crippen molar-refractivity contribution >= 4 is 8.07 Å². The molecule has 0 aromatic heterocycles. The van der Waals surface area contributed by atoms with Gasteiger partial charge >= 0.3 is 0 Å². The monoisotopic (exact) mass is 276 g/mol. The van der Waals surface area contributed by atoms with Gasteiger partial charge in [0.1, 0.15) is 0 Å². The van der Waals surface area contributed by atoms with Gasteiger partial charge in [-0.15, -0.1) is 0 Å². The number of aliphatic hydroxyl groups is 1. The Kier molecular flexibility index (Phi) is 3.47. The molecule has 1 aromatic carbocycles. The molecule has 3 atom stereocenters. The van der Waals surface area contributed by atoms with Crippen LogP contribution >= 0.6 is 0 Å². The molecule has 0 spiro atoms. The van der Waals surface area contributed by atoms with E-state index >= 15 is 0 Å². The van der Waals surface area contributed by atoms with E-state index in [4.69, 9.17) is 0 Å². The Morgan fingerprint density at radius 1 is 1.16 bits per heavy atom. The third-order valence-electron chi connectivity index (χ3n) is 4.91. The van der Waals surface area contributed by atoms with Crippen molar-refractivity contribution in [1.82, 2.24) is 0 Å². The molecule has 2 rings (SSSR count). The van der Waals surface area contributed by atoms with Gasteiger partial charge in [-0.25, -0.2) is 0 Å². The van der Waals surface area contributed by atoms with Crippen LogP contribution in [0.1, 0.15) is 38.7 Å². The highest BCUT2D eigenvalue weighted by atomic mass is 28.3. The summed E-state index contributed by atoms with van der Waals surface area (Å²) in [7, 11) is -1.44. The van der Waals surface area contributed by atoms with Gasteiger partial charge in [-0.05, 0) is 28.4 Å². The summed E-state index contributed by atoms with van der Waals surface area (Å²) in [6, 6.07) is 10.8. The van der Waals surface area contributed by atoms with Crippen LogP contribution in [0, 0.1) is 5.41 Å². The highest BCUT2D eigenvalue weighted by Gasteiger charge is 2.67. The molecule has 1 saturated carbocycles. The molecule has 0 amide bonds. The Labute approximate surface area is 119 Å². The molecule has 0 bridgehead atoms. The molecule has 1 nitrogen and oxygen atoms in total. The van der Waals surface area contributed by atoms with Gasteiger partial charge in [0, 0.05) is 0 Å². The number of hydrogen-bond donors (Lipinski definition) is 1. The highest BCUT2D eigenvalue weighted by molar-refractivity contribution is 6.80. The molecule has 2 heteroatoms. The molecule has 0 saturated heterocycles. The summed E-state index contributed by atoms with van der Waals surface area (Å²) in [5.41, 5.74) is 1.37. The van der Waals surface area contributed by atoms with E-state index in [1.807, 2.05) is 0 Å². The molecule has 0 heterocycles. The zero-order valence-electron chi connectivity index (χ0n) is 13.2. The number of hydrogen-bond acceptors (Lipinski definition) is 1. The maximum absolute atomic E-state index is 11.0. The first-order valence-corrected chi connectivity index (χ1v) is 10.8. The molecule has 106 valence electrons. The zero-order valence-corrected chi connectivity index (χ0v) is 14.2. The fourth-order valence-corrected chi connectivity index (χ4v) is 6.98. The van der Waals surface area contributed by atoms with Crippen molar-refractivity contribution in [2.24, 2.45) is 5.41 Å². The van der Waals surface area contributed by atoms with Crippen LogP contribution in [-0.2, 0) is 0 Å². The second-order valence-corrected chi connectivity index (χ2v) is 13.7. The van der Waals surface area contributed by atoms with E-state index < -0.39 is 8.07 Å². The minimum absolute atomic E-state index is 0.0379. The quantitative estimate of drug-likeness (QED) is 0.796. The van der Waals surface area contributed by atoms with Crippen LogP contribution in [-0.4, -0.2) is 19.3 Å². The standard InChI is InChI=1S/C17H28OSi/c1-16(2,3)15(18)17(19(4,5)6)12-14(17)13-10-8-7-9-11-13/h7-11,14-15,18H,12H2,1-6H3/t14-,15?,17+/m0/s1.